The number of nitrogens with zero attached hydrogens (tertiary/aromatic N) is 2. The van der Waals surface area contributed by atoms with E-state index in [1.807, 2.05) is 30.9 Å². The van der Waals surface area contributed by atoms with E-state index in [1.54, 1.807) is 6.07 Å². The lowest BCUT2D eigenvalue weighted by Crippen LogP contribution is -2.61. The topological polar surface area (TPSA) is 41.9 Å². The Bertz CT molecular complexity index is 1080. The lowest BCUT2D eigenvalue weighted by atomic mass is 9.79. The van der Waals surface area contributed by atoms with Crippen molar-refractivity contribution in [2.75, 3.05) is 19.6 Å². The molecule has 3 aliphatic rings. The minimum Gasteiger partial charge on any atom is -0.362 e. The zero-order chi connectivity index (χ0) is 22.0. The molecule has 1 fully saturated rings. The van der Waals surface area contributed by atoms with Crippen LogP contribution in [-0.2, 0) is 27.2 Å². The summed E-state index contributed by atoms with van der Waals surface area (Å²) in [5.41, 5.74) is 5.34. The SMILES string of the molecule is CC(C)C(=O)N1CC2(C1)OCc1cc(C3=NCC(C)(c4cc(Cl)cc(Cl)c4)C3)ccc12. The van der Waals surface area contributed by atoms with Crippen molar-refractivity contribution in [2.24, 2.45) is 10.9 Å². The fourth-order valence-electron chi connectivity index (χ4n) is 5.02. The Balaban J connectivity index is 1.34. The van der Waals surface area contributed by atoms with Crippen LogP contribution in [0, 0.1) is 5.92 Å². The number of hydrogen-bond acceptors (Lipinski definition) is 3. The summed E-state index contributed by atoms with van der Waals surface area (Å²) in [6.07, 6.45) is 0.838. The van der Waals surface area contributed by atoms with Gasteiger partial charge in [0, 0.05) is 40.1 Å². The molecule has 6 heteroatoms. The van der Waals surface area contributed by atoms with Gasteiger partial charge in [0.2, 0.25) is 5.91 Å². The van der Waals surface area contributed by atoms with Gasteiger partial charge in [-0.2, -0.15) is 0 Å². The van der Waals surface area contributed by atoms with Gasteiger partial charge in [-0.1, -0.05) is 56.1 Å². The van der Waals surface area contributed by atoms with Crippen molar-refractivity contribution in [3.8, 4) is 0 Å². The standard InChI is InChI=1S/C25H26Cl2N2O2/c1-15(2)23(30)29-13-25(14-29)21-5-4-16(6-17(21)11-31-25)22-10-24(3,12-28-22)18-7-19(26)9-20(27)8-18/h4-9,15H,10-14H2,1-3H3. The van der Waals surface area contributed by atoms with Crippen molar-refractivity contribution in [3.63, 3.8) is 0 Å². The molecular formula is C25H26Cl2N2O2. The van der Waals surface area contributed by atoms with E-state index in [-0.39, 0.29) is 22.8 Å². The highest BCUT2D eigenvalue weighted by atomic mass is 35.5. The van der Waals surface area contributed by atoms with Crippen LogP contribution in [0.25, 0.3) is 0 Å². The molecule has 162 valence electrons. The summed E-state index contributed by atoms with van der Waals surface area (Å²) in [4.78, 5) is 19.0. The van der Waals surface area contributed by atoms with Gasteiger partial charge in [-0.15, -0.1) is 0 Å². The third kappa shape index (κ3) is 3.49. The van der Waals surface area contributed by atoms with Crippen LogP contribution in [-0.4, -0.2) is 36.2 Å². The summed E-state index contributed by atoms with van der Waals surface area (Å²) >= 11 is 12.5. The monoisotopic (exact) mass is 456 g/mol. The minimum absolute atomic E-state index is 0.0182. The van der Waals surface area contributed by atoms with Crippen LogP contribution < -0.4 is 0 Å². The molecule has 2 aromatic carbocycles. The van der Waals surface area contributed by atoms with E-state index in [4.69, 9.17) is 32.9 Å². The molecule has 0 bridgehead atoms. The Hall–Kier alpha value is -1.88. The predicted octanol–water partition coefficient (Wildman–Crippen LogP) is 5.37. The first-order valence-corrected chi connectivity index (χ1v) is 11.5. The van der Waals surface area contributed by atoms with E-state index < -0.39 is 0 Å². The third-order valence-corrected chi connectivity index (χ3v) is 7.30. The number of likely N-dealkylation sites (tertiary alicyclic amines) is 1. The predicted molar refractivity (Wildman–Crippen MR) is 124 cm³/mol. The molecule has 0 saturated carbocycles. The van der Waals surface area contributed by atoms with Crippen molar-refractivity contribution in [2.45, 2.75) is 44.8 Å². The maximum absolute atomic E-state index is 12.3. The Morgan fingerprint density at radius 1 is 1.13 bits per heavy atom. The number of amides is 1. The van der Waals surface area contributed by atoms with Gasteiger partial charge in [-0.05, 0) is 46.5 Å². The molecule has 1 amide bonds. The first-order chi connectivity index (χ1) is 14.7. The summed E-state index contributed by atoms with van der Waals surface area (Å²) in [5, 5.41) is 1.31. The van der Waals surface area contributed by atoms with Crippen LogP contribution in [0.4, 0.5) is 0 Å². The molecule has 1 saturated heterocycles. The second-order valence-electron chi connectivity index (χ2n) is 9.66. The van der Waals surface area contributed by atoms with Crippen LogP contribution >= 0.6 is 23.2 Å². The molecule has 0 radical (unpaired) electrons. The third-order valence-electron chi connectivity index (χ3n) is 6.87. The second-order valence-corrected chi connectivity index (χ2v) is 10.5. The van der Waals surface area contributed by atoms with Gasteiger partial charge in [0.05, 0.1) is 19.7 Å². The number of aliphatic imine (C=N–C) groups is 1. The zero-order valence-electron chi connectivity index (χ0n) is 18.0. The fraction of sp³-hybridized carbons (Fsp3) is 0.440. The van der Waals surface area contributed by atoms with Crippen LogP contribution in [0.3, 0.4) is 0 Å². The normalized spacial score (nSPS) is 23.8. The van der Waals surface area contributed by atoms with E-state index in [2.05, 4.69) is 25.1 Å². The summed E-state index contributed by atoms with van der Waals surface area (Å²) in [7, 11) is 0. The van der Waals surface area contributed by atoms with Crippen molar-refractivity contribution in [3.05, 3.63) is 68.7 Å². The van der Waals surface area contributed by atoms with E-state index in [9.17, 15) is 4.79 Å². The van der Waals surface area contributed by atoms with Crippen LogP contribution in [0.15, 0.2) is 41.4 Å². The Morgan fingerprint density at radius 2 is 1.84 bits per heavy atom. The second kappa shape index (κ2) is 7.33. The van der Waals surface area contributed by atoms with Gasteiger partial charge in [0.1, 0.15) is 5.60 Å². The van der Waals surface area contributed by atoms with E-state index >= 15 is 0 Å². The fourth-order valence-corrected chi connectivity index (χ4v) is 5.55. The number of halogens is 2. The maximum Gasteiger partial charge on any atom is 0.225 e. The number of benzene rings is 2. The summed E-state index contributed by atoms with van der Waals surface area (Å²) in [6, 6.07) is 12.3. The average molecular weight is 457 g/mol. The molecule has 4 nitrogen and oxygen atoms in total. The van der Waals surface area contributed by atoms with Crippen molar-refractivity contribution >= 4 is 34.8 Å². The van der Waals surface area contributed by atoms with E-state index in [0.717, 1.165) is 23.3 Å². The smallest absolute Gasteiger partial charge is 0.225 e. The highest BCUT2D eigenvalue weighted by molar-refractivity contribution is 6.34. The molecule has 5 rings (SSSR count). The first kappa shape index (κ1) is 21.0. The van der Waals surface area contributed by atoms with Crippen molar-refractivity contribution in [1.82, 2.24) is 4.90 Å². The maximum atomic E-state index is 12.3. The molecule has 1 atom stereocenters. The average Bonchev–Trinajstić information content (AvgIpc) is 3.27. The number of hydrogen-bond donors (Lipinski definition) is 0. The van der Waals surface area contributed by atoms with Gasteiger partial charge in [0.25, 0.3) is 0 Å². The Labute approximate surface area is 193 Å². The largest absolute Gasteiger partial charge is 0.362 e. The quantitative estimate of drug-likeness (QED) is 0.622. The van der Waals surface area contributed by atoms with Gasteiger partial charge < -0.3 is 9.64 Å². The van der Waals surface area contributed by atoms with Gasteiger partial charge in [-0.25, -0.2) is 0 Å². The molecule has 3 aliphatic heterocycles. The van der Waals surface area contributed by atoms with Gasteiger partial charge in [-0.3, -0.25) is 9.79 Å². The van der Waals surface area contributed by atoms with Crippen LogP contribution in [0.5, 0.6) is 0 Å². The molecule has 1 spiro atoms. The summed E-state index contributed by atoms with van der Waals surface area (Å²) in [5.74, 6) is 0.213. The van der Waals surface area contributed by atoms with E-state index in [1.165, 1.54) is 11.1 Å². The zero-order valence-corrected chi connectivity index (χ0v) is 19.6. The van der Waals surface area contributed by atoms with Crippen LogP contribution in [0.1, 0.15) is 49.4 Å². The van der Waals surface area contributed by atoms with Gasteiger partial charge >= 0.3 is 0 Å². The molecule has 31 heavy (non-hydrogen) atoms. The summed E-state index contributed by atoms with van der Waals surface area (Å²) < 4.78 is 6.20. The Kier molecular flexibility index (Phi) is 4.96. The molecule has 0 aromatic heterocycles. The number of carbonyl (C=O) groups excluding carboxylic acids is 1. The number of fused-ring (bicyclic) bond motifs is 2. The molecule has 3 heterocycles. The van der Waals surface area contributed by atoms with E-state index in [0.29, 0.717) is 36.3 Å². The number of rotatable bonds is 3. The lowest BCUT2D eigenvalue weighted by molar-refractivity contribution is -0.171. The number of carbonyl (C=O) groups is 1. The Morgan fingerprint density at radius 3 is 2.52 bits per heavy atom. The molecule has 1 unspecified atom stereocenters. The summed E-state index contributed by atoms with van der Waals surface area (Å²) in [6.45, 7) is 8.68. The molecule has 0 N–H and O–H groups in total. The van der Waals surface area contributed by atoms with Crippen molar-refractivity contribution < 1.29 is 9.53 Å². The highest BCUT2D eigenvalue weighted by Crippen LogP contribution is 2.45. The lowest BCUT2D eigenvalue weighted by Gasteiger charge is -2.48. The molecular weight excluding hydrogens is 431 g/mol. The number of ether oxygens (including phenoxy) is 1. The van der Waals surface area contributed by atoms with Crippen molar-refractivity contribution in [1.29, 1.82) is 0 Å². The minimum atomic E-state index is -0.331. The molecule has 2 aromatic rings. The van der Waals surface area contributed by atoms with Gasteiger partial charge in [0.15, 0.2) is 0 Å². The molecule has 0 aliphatic carbocycles. The van der Waals surface area contributed by atoms with Crippen LogP contribution in [0.2, 0.25) is 10.0 Å². The highest BCUT2D eigenvalue weighted by Gasteiger charge is 2.51. The first-order valence-electron chi connectivity index (χ1n) is 10.8.